The van der Waals surface area contributed by atoms with Crippen LogP contribution in [0.4, 0.5) is 4.79 Å². The molecule has 1 heterocycles. The van der Waals surface area contributed by atoms with E-state index in [1.165, 1.54) is 21.3 Å². The molecule has 190 valence electrons. The molecule has 34 heavy (non-hydrogen) atoms. The highest BCUT2D eigenvalue weighted by molar-refractivity contribution is 7.89. The molecule has 10 heteroatoms. The van der Waals surface area contributed by atoms with Crippen molar-refractivity contribution in [3.8, 4) is 17.6 Å². The smallest absolute Gasteiger partial charge is 0.317 e. The van der Waals surface area contributed by atoms with E-state index in [4.69, 9.17) is 4.74 Å². The number of benzene rings is 1. The van der Waals surface area contributed by atoms with Gasteiger partial charge < -0.3 is 25.2 Å². The molecule has 0 fully saturated rings. The lowest BCUT2D eigenvalue weighted by Crippen LogP contribution is -2.51. The van der Waals surface area contributed by atoms with E-state index in [9.17, 15) is 23.4 Å². The highest BCUT2D eigenvalue weighted by Crippen LogP contribution is 2.34. The summed E-state index contributed by atoms with van der Waals surface area (Å²) >= 11 is 0. The molecular formula is C24H37N3O6S. The van der Waals surface area contributed by atoms with Crippen LogP contribution in [0.2, 0.25) is 0 Å². The maximum atomic E-state index is 13.5. The SMILES string of the molecule is CC(C)NC(=O)N(C)C[C@H]1Oc2cc(C#CC(C)(C)O)ccc2S(=O)(=O)N([C@@H](C)CO)C[C@H]1C. The van der Waals surface area contributed by atoms with Crippen molar-refractivity contribution in [1.29, 1.82) is 0 Å². The van der Waals surface area contributed by atoms with Gasteiger partial charge in [0.05, 0.1) is 13.2 Å². The van der Waals surface area contributed by atoms with Crippen LogP contribution in [0.1, 0.15) is 47.1 Å². The third kappa shape index (κ3) is 7.09. The molecular weight excluding hydrogens is 458 g/mol. The maximum Gasteiger partial charge on any atom is 0.317 e. The van der Waals surface area contributed by atoms with Gasteiger partial charge in [0.15, 0.2) is 0 Å². The molecule has 0 saturated carbocycles. The normalized spacial score (nSPS) is 21.2. The van der Waals surface area contributed by atoms with E-state index in [0.29, 0.717) is 5.56 Å². The van der Waals surface area contributed by atoms with Crippen molar-refractivity contribution in [3.05, 3.63) is 23.8 Å². The zero-order chi connectivity index (χ0) is 25.8. The van der Waals surface area contributed by atoms with E-state index in [1.807, 2.05) is 20.8 Å². The Morgan fingerprint density at radius 2 is 2.00 bits per heavy atom. The molecule has 0 radical (unpaired) electrons. The minimum atomic E-state index is -3.97. The van der Waals surface area contributed by atoms with Crippen molar-refractivity contribution in [1.82, 2.24) is 14.5 Å². The zero-order valence-corrected chi connectivity index (χ0v) is 21.8. The standard InChI is InChI=1S/C24H37N3O6S/c1-16(2)25-23(29)26(7)14-21-17(3)13-27(18(4)15-28)34(31,32)22-9-8-19(12-20(22)33-21)10-11-24(5,6)30/h8-9,12,16-18,21,28,30H,13-15H2,1-7H3,(H,25,29)/t17-,18+,21-/m1/s1. The summed E-state index contributed by atoms with van der Waals surface area (Å²) < 4.78 is 34.5. The Morgan fingerprint density at radius 1 is 1.35 bits per heavy atom. The Kier molecular flexibility index (Phi) is 8.99. The molecule has 1 aromatic rings. The number of sulfonamides is 1. The largest absolute Gasteiger partial charge is 0.487 e. The molecule has 3 atom stereocenters. The third-order valence-corrected chi connectivity index (χ3v) is 7.41. The van der Waals surface area contributed by atoms with Crippen molar-refractivity contribution >= 4 is 16.1 Å². The Bertz CT molecular complexity index is 1040. The molecule has 1 aliphatic rings. The Morgan fingerprint density at radius 3 is 2.56 bits per heavy atom. The zero-order valence-electron chi connectivity index (χ0n) is 21.0. The van der Waals surface area contributed by atoms with Crippen molar-refractivity contribution in [3.63, 3.8) is 0 Å². The van der Waals surface area contributed by atoms with Gasteiger partial charge in [-0.3, -0.25) is 0 Å². The van der Waals surface area contributed by atoms with E-state index in [2.05, 4.69) is 17.2 Å². The van der Waals surface area contributed by atoms with Gasteiger partial charge in [-0.1, -0.05) is 18.8 Å². The number of urea groups is 1. The summed E-state index contributed by atoms with van der Waals surface area (Å²) in [5.74, 6) is 5.38. The number of nitrogens with one attached hydrogen (secondary N) is 1. The van der Waals surface area contributed by atoms with Gasteiger partial charge in [0.25, 0.3) is 0 Å². The first kappa shape index (κ1) is 27.9. The highest BCUT2D eigenvalue weighted by Gasteiger charge is 2.38. The van der Waals surface area contributed by atoms with Crippen LogP contribution in [0.5, 0.6) is 5.75 Å². The van der Waals surface area contributed by atoms with E-state index >= 15 is 0 Å². The molecule has 0 spiro atoms. The summed E-state index contributed by atoms with van der Waals surface area (Å²) in [6.45, 7) is 10.4. The molecule has 2 rings (SSSR count). The number of aliphatic hydroxyl groups is 2. The van der Waals surface area contributed by atoms with Crippen LogP contribution in [-0.4, -0.2) is 84.4 Å². The Hall–Kier alpha value is -2.32. The van der Waals surface area contributed by atoms with Crippen molar-refractivity contribution in [2.24, 2.45) is 5.92 Å². The maximum absolute atomic E-state index is 13.5. The van der Waals surface area contributed by atoms with Crippen LogP contribution in [0.25, 0.3) is 0 Å². The Labute approximate surface area is 203 Å². The molecule has 3 N–H and O–H groups in total. The number of hydrogen-bond acceptors (Lipinski definition) is 6. The fourth-order valence-corrected chi connectivity index (χ4v) is 5.28. The molecule has 1 aromatic carbocycles. The number of carbonyl (C=O) groups is 1. The van der Waals surface area contributed by atoms with Crippen LogP contribution in [0, 0.1) is 17.8 Å². The van der Waals surface area contributed by atoms with E-state index in [1.54, 1.807) is 33.9 Å². The molecule has 0 saturated heterocycles. The van der Waals surface area contributed by atoms with Gasteiger partial charge in [0, 0.05) is 37.2 Å². The van der Waals surface area contributed by atoms with Gasteiger partial charge in [-0.15, -0.1) is 0 Å². The molecule has 0 bridgehead atoms. The summed E-state index contributed by atoms with van der Waals surface area (Å²) in [7, 11) is -2.32. The number of likely N-dealkylation sites (N-methyl/N-ethyl adjacent to an activating group) is 1. The van der Waals surface area contributed by atoms with Crippen molar-refractivity contribution < 1.29 is 28.2 Å². The van der Waals surface area contributed by atoms with Crippen molar-refractivity contribution in [2.45, 2.75) is 70.2 Å². The number of amides is 2. The predicted molar refractivity (Wildman–Crippen MR) is 130 cm³/mol. The molecule has 2 amide bonds. The minimum Gasteiger partial charge on any atom is -0.487 e. The van der Waals surface area contributed by atoms with Gasteiger partial charge >= 0.3 is 6.03 Å². The van der Waals surface area contributed by atoms with E-state index < -0.39 is 27.8 Å². The fourth-order valence-electron chi connectivity index (χ4n) is 3.46. The Balaban J connectivity index is 2.55. The summed E-state index contributed by atoms with van der Waals surface area (Å²) in [6.07, 6.45) is -0.525. The fraction of sp³-hybridized carbons (Fsp3) is 0.625. The number of ether oxygens (including phenoxy) is 1. The number of fused-ring (bicyclic) bond motifs is 1. The van der Waals surface area contributed by atoms with Gasteiger partial charge in [-0.2, -0.15) is 4.31 Å². The molecule has 0 unspecified atom stereocenters. The summed E-state index contributed by atoms with van der Waals surface area (Å²) in [4.78, 5) is 13.9. The van der Waals surface area contributed by atoms with Crippen LogP contribution in [0.3, 0.4) is 0 Å². The second kappa shape index (κ2) is 11.0. The lowest BCUT2D eigenvalue weighted by molar-refractivity contribution is 0.0809. The second-order valence-electron chi connectivity index (χ2n) is 9.70. The van der Waals surface area contributed by atoms with Crippen LogP contribution in [-0.2, 0) is 10.0 Å². The molecule has 1 aliphatic heterocycles. The average molecular weight is 496 g/mol. The minimum absolute atomic E-state index is 0.0331. The monoisotopic (exact) mass is 495 g/mol. The molecule has 0 aliphatic carbocycles. The van der Waals surface area contributed by atoms with Gasteiger partial charge in [0.1, 0.15) is 22.4 Å². The summed E-state index contributed by atoms with van der Waals surface area (Å²) in [5, 5.41) is 22.5. The number of carbonyl (C=O) groups excluding carboxylic acids is 1. The topological polar surface area (TPSA) is 119 Å². The van der Waals surface area contributed by atoms with Crippen LogP contribution in [0.15, 0.2) is 23.1 Å². The highest BCUT2D eigenvalue weighted by atomic mass is 32.2. The van der Waals surface area contributed by atoms with E-state index in [-0.39, 0.29) is 48.3 Å². The van der Waals surface area contributed by atoms with Gasteiger partial charge in [0.2, 0.25) is 10.0 Å². The second-order valence-corrected chi connectivity index (χ2v) is 11.6. The quantitative estimate of drug-likeness (QED) is 0.534. The first-order valence-corrected chi connectivity index (χ1v) is 12.8. The first-order chi connectivity index (χ1) is 15.7. The third-order valence-electron chi connectivity index (χ3n) is 5.39. The van der Waals surface area contributed by atoms with Crippen molar-refractivity contribution in [2.75, 3.05) is 26.7 Å². The van der Waals surface area contributed by atoms with Crippen LogP contribution >= 0.6 is 0 Å². The van der Waals surface area contributed by atoms with E-state index in [0.717, 1.165) is 0 Å². The average Bonchev–Trinajstić information content (AvgIpc) is 2.73. The molecule has 9 nitrogen and oxygen atoms in total. The van der Waals surface area contributed by atoms with Gasteiger partial charge in [-0.05, 0) is 52.8 Å². The molecule has 0 aromatic heterocycles. The summed E-state index contributed by atoms with van der Waals surface area (Å²) in [5.41, 5.74) is -0.732. The number of nitrogens with zero attached hydrogens (tertiary/aromatic N) is 2. The van der Waals surface area contributed by atoms with Crippen LogP contribution < -0.4 is 10.1 Å². The van der Waals surface area contributed by atoms with Gasteiger partial charge in [-0.25, -0.2) is 13.2 Å². The first-order valence-electron chi connectivity index (χ1n) is 11.4. The lowest BCUT2D eigenvalue weighted by atomic mass is 10.0. The summed E-state index contributed by atoms with van der Waals surface area (Å²) in [6, 6.07) is 3.59. The number of rotatable bonds is 5. The number of hydrogen-bond donors (Lipinski definition) is 3. The predicted octanol–water partition coefficient (Wildman–Crippen LogP) is 1.63. The number of aliphatic hydroxyl groups excluding tert-OH is 1. The lowest BCUT2D eigenvalue weighted by Gasteiger charge is -2.37.